The second kappa shape index (κ2) is 8.25. The van der Waals surface area contributed by atoms with Crippen LogP contribution in [0, 0.1) is 0 Å². The van der Waals surface area contributed by atoms with Gasteiger partial charge in [-0.15, -0.1) is 0 Å². The zero-order valence-corrected chi connectivity index (χ0v) is 12.1. The number of rotatable bonds is 8. The molecule has 0 spiro atoms. The summed E-state index contributed by atoms with van der Waals surface area (Å²) in [5.74, 6) is 0. The van der Waals surface area contributed by atoms with Gasteiger partial charge in [0, 0.05) is 19.7 Å². The van der Waals surface area contributed by atoms with E-state index < -0.39 is 0 Å². The Balaban J connectivity index is 2.35. The van der Waals surface area contributed by atoms with Crippen molar-refractivity contribution in [3.8, 4) is 0 Å². The highest BCUT2D eigenvalue weighted by atomic mass is 16.5. The Morgan fingerprint density at radius 2 is 2.00 bits per heavy atom. The molecule has 0 bridgehead atoms. The number of benzene rings is 1. The molecule has 0 saturated heterocycles. The Morgan fingerprint density at radius 1 is 1.28 bits per heavy atom. The Hall–Kier alpha value is -0.900. The molecule has 0 aliphatic carbocycles. The molecule has 0 radical (unpaired) electrons. The van der Waals surface area contributed by atoms with Crippen molar-refractivity contribution in [1.29, 1.82) is 0 Å². The smallest absolute Gasteiger partial charge is 0.0713 e. The van der Waals surface area contributed by atoms with Crippen molar-refractivity contribution in [2.45, 2.75) is 32.5 Å². The first-order chi connectivity index (χ1) is 8.61. The second-order valence-corrected chi connectivity index (χ2v) is 5.13. The van der Waals surface area contributed by atoms with Gasteiger partial charge in [0.25, 0.3) is 0 Å². The van der Waals surface area contributed by atoms with Crippen molar-refractivity contribution in [1.82, 2.24) is 10.2 Å². The minimum absolute atomic E-state index is 0.540. The Bertz CT molecular complexity index is 339. The predicted molar refractivity (Wildman–Crippen MR) is 76.6 cm³/mol. The summed E-state index contributed by atoms with van der Waals surface area (Å²) in [6.07, 6.45) is 1.17. The third-order valence-corrected chi connectivity index (χ3v) is 2.97. The van der Waals surface area contributed by atoms with E-state index in [1.807, 2.05) is 0 Å². The average Bonchev–Trinajstić information content (AvgIpc) is 2.35. The molecule has 3 nitrogen and oxygen atoms in total. The van der Waals surface area contributed by atoms with Crippen LogP contribution in [0.3, 0.4) is 0 Å². The van der Waals surface area contributed by atoms with Crippen molar-refractivity contribution in [2.75, 3.05) is 27.7 Å². The fourth-order valence-electron chi connectivity index (χ4n) is 1.84. The molecule has 0 aliphatic rings. The monoisotopic (exact) mass is 250 g/mol. The maximum Gasteiger partial charge on any atom is 0.0713 e. The number of hydrogen-bond acceptors (Lipinski definition) is 3. The number of hydrogen-bond donors (Lipinski definition) is 1. The quantitative estimate of drug-likeness (QED) is 0.766. The zero-order chi connectivity index (χ0) is 13.4. The first kappa shape index (κ1) is 15.2. The lowest BCUT2D eigenvalue weighted by molar-refractivity contribution is 0.185. The topological polar surface area (TPSA) is 24.5 Å². The van der Waals surface area contributed by atoms with Gasteiger partial charge in [-0.25, -0.2) is 0 Å². The zero-order valence-electron chi connectivity index (χ0n) is 12.1. The van der Waals surface area contributed by atoms with Gasteiger partial charge in [-0.1, -0.05) is 24.3 Å². The van der Waals surface area contributed by atoms with E-state index in [2.05, 4.69) is 55.5 Å². The summed E-state index contributed by atoms with van der Waals surface area (Å²) < 4.78 is 5.15. The summed E-state index contributed by atoms with van der Waals surface area (Å²) in [5.41, 5.74) is 2.55. The van der Waals surface area contributed by atoms with Crippen molar-refractivity contribution in [3.05, 3.63) is 35.4 Å². The lowest BCUT2D eigenvalue weighted by Gasteiger charge is -2.17. The van der Waals surface area contributed by atoms with Crippen LogP contribution in [0.1, 0.15) is 24.5 Å². The van der Waals surface area contributed by atoms with Crippen LogP contribution in [0.2, 0.25) is 0 Å². The van der Waals surface area contributed by atoms with Crippen LogP contribution in [0.4, 0.5) is 0 Å². The van der Waals surface area contributed by atoms with E-state index in [9.17, 15) is 0 Å². The molecule has 1 rings (SSSR count). The van der Waals surface area contributed by atoms with E-state index in [1.165, 1.54) is 17.5 Å². The summed E-state index contributed by atoms with van der Waals surface area (Å²) >= 11 is 0. The van der Waals surface area contributed by atoms with Crippen LogP contribution in [-0.2, 0) is 17.9 Å². The Kier molecular flexibility index (Phi) is 6.94. The summed E-state index contributed by atoms with van der Waals surface area (Å²) in [7, 11) is 5.95. The molecular formula is C15H26N2O. The third kappa shape index (κ3) is 6.15. The first-order valence-corrected chi connectivity index (χ1v) is 6.56. The van der Waals surface area contributed by atoms with E-state index in [0.717, 1.165) is 13.1 Å². The minimum Gasteiger partial charge on any atom is -0.380 e. The van der Waals surface area contributed by atoms with Gasteiger partial charge in [-0.3, -0.25) is 0 Å². The molecule has 1 aromatic carbocycles. The maximum atomic E-state index is 5.15. The minimum atomic E-state index is 0.540. The molecule has 0 saturated carbocycles. The second-order valence-electron chi connectivity index (χ2n) is 5.13. The fourth-order valence-corrected chi connectivity index (χ4v) is 1.84. The normalized spacial score (nSPS) is 12.9. The highest BCUT2D eigenvalue weighted by Gasteiger charge is 2.02. The lowest BCUT2D eigenvalue weighted by Crippen LogP contribution is -2.29. The van der Waals surface area contributed by atoms with Gasteiger partial charge in [0.15, 0.2) is 0 Å². The summed E-state index contributed by atoms with van der Waals surface area (Å²) in [6, 6.07) is 9.09. The molecule has 0 aromatic heterocycles. The largest absolute Gasteiger partial charge is 0.380 e. The van der Waals surface area contributed by atoms with Crippen LogP contribution in [0.15, 0.2) is 24.3 Å². The fraction of sp³-hybridized carbons (Fsp3) is 0.600. The van der Waals surface area contributed by atoms with Gasteiger partial charge in [0.1, 0.15) is 0 Å². The van der Waals surface area contributed by atoms with E-state index >= 15 is 0 Å². The summed E-state index contributed by atoms with van der Waals surface area (Å²) in [5, 5.41) is 3.56. The van der Waals surface area contributed by atoms with Gasteiger partial charge in [-0.05, 0) is 45.1 Å². The van der Waals surface area contributed by atoms with Gasteiger partial charge in [0.2, 0.25) is 0 Å². The number of nitrogens with zero attached hydrogens (tertiary/aromatic N) is 1. The SMILES string of the molecule is COCc1cccc(CNC(C)CCN(C)C)c1. The van der Waals surface area contributed by atoms with Crippen LogP contribution in [-0.4, -0.2) is 38.7 Å². The molecule has 1 atom stereocenters. The summed E-state index contributed by atoms with van der Waals surface area (Å²) in [6.45, 7) is 4.97. The first-order valence-electron chi connectivity index (χ1n) is 6.56. The third-order valence-electron chi connectivity index (χ3n) is 2.97. The molecule has 0 fully saturated rings. The Labute approximate surface area is 111 Å². The lowest BCUT2D eigenvalue weighted by atomic mass is 10.1. The van der Waals surface area contributed by atoms with E-state index in [-0.39, 0.29) is 0 Å². The molecule has 18 heavy (non-hydrogen) atoms. The van der Waals surface area contributed by atoms with Gasteiger partial charge >= 0.3 is 0 Å². The summed E-state index contributed by atoms with van der Waals surface area (Å²) in [4.78, 5) is 2.22. The standard InChI is InChI=1S/C15H26N2O/c1-13(8-9-17(2)3)16-11-14-6-5-7-15(10-14)12-18-4/h5-7,10,13,16H,8-9,11-12H2,1-4H3. The van der Waals surface area contributed by atoms with Gasteiger partial charge in [0.05, 0.1) is 6.61 Å². The van der Waals surface area contributed by atoms with Crippen LogP contribution < -0.4 is 5.32 Å². The number of nitrogens with one attached hydrogen (secondary N) is 1. The number of ether oxygens (including phenoxy) is 1. The molecule has 0 heterocycles. The van der Waals surface area contributed by atoms with Gasteiger partial charge in [-0.2, -0.15) is 0 Å². The highest BCUT2D eigenvalue weighted by Crippen LogP contribution is 2.07. The molecule has 0 amide bonds. The highest BCUT2D eigenvalue weighted by molar-refractivity contribution is 5.22. The van der Waals surface area contributed by atoms with Crippen molar-refractivity contribution >= 4 is 0 Å². The molecule has 3 heteroatoms. The van der Waals surface area contributed by atoms with Crippen LogP contribution in [0.5, 0.6) is 0 Å². The molecule has 1 N–H and O–H groups in total. The van der Waals surface area contributed by atoms with Crippen molar-refractivity contribution in [3.63, 3.8) is 0 Å². The molecule has 0 aliphatic heterocycles. The molecule has 1 aromatic rings. The molecule has 1 unspecified atom stereocenters. The Morgan fingerprint density at radius 3 is 2.67 bits per heavy atom. The van der Waals surface area contributed by atoms with Crippen LogP contribution >= 0.6 is 0 Å². The van der Waals surface area contributed by atoms with Crippen LogP contribution in [0.25, 0.3) is 0 Å². The average molecular weight is 250 g/mol. The predicted octanol–water partition coefficient (Wildman–Crippen LogP) is 2.26. The van der Waals surface area contributed by atoms with Gasteiger partial charge < -0.3 is 15.0 Å². The maximum absolute atomic E-state index is 5.15. The van der Waals surface area contributed by atoms with E-state index in [1.54, 1.807) is 7.11 Å². The van der Waals surface area contributed by atoms with Crippen molar-refractivity contribution in [2.24, 2.45) is 0 Å². The van der Waals surface area contributed by atoms with Crippen molar-refractivity contribution < 1.29 is 4.74 Å². The molecular weight excluding hydrogens is 224 g/mol. The van der Waals surface area contributed by atoms with E-state index in [0.29, 0.717) is 12.6 Å². The molecule has 102 valence electrons. The number of methoxy groups -OCH3 is 1. The van der Waals surface area contributed by atoms with E-state index in [4.69, 9.17) is 4.74 Å².